The monoisotopic (exact) mass is 446 g/mol. The fourth-order valence-electron chi connectivity index (χ4n) is 3.46. The number of hydrogen-bond acceptors (Lipinski definition) is 4. The molecule has 1 amide bonds. The van der Waals surface area contributed by atoms with Crippen LogP contribution in [0.25, 0.3) is 22.5 Å². The maximum atomic E-state index is 13.0. The topological polar surface area (TPSA) is 105 Å². The first-order valence-electron chi connectivity index (χ1n) is 9.61. The second-order valence-corrected chi connectivity index (χ2v) is 7.53. The van der Waals surface area contributed by atoms with Gasteiger partial charge in [-0.2, -0.15) is 13.2 Å². The molecule has 0 radical (unpaired) electrons. The number of primary amides is 1. The van der Waals surface area contributed by atoms with Gasteiger partial charge in [0, 0.05) is 29.9 Å². The number of nitro groups is 1. The van der Waals surface area contributed by atoms with Gasteiger partial charge < -0.3 is 15.6 Å². The molecule has 1 heterocycles. The molecule has 10 heteroatoms. The third-order valence-electron chi connectivity index (χ3n) is 5.01. The molecule has 0 fully saturated rings. The number of nitrogens with zero attached hydrogens (tertiary/aromatic N) is 2. The number of nitrogens with one attached hydrogen (secondary N) is 1. The van der Waals surface area contributed by atoms with Crippen molar-refractivity contribution >= 4 is 11.6 Å². The van der Waals surface area contributed by atoms with E-state index < -0.39 is 22.6 Å². The van der Waals surface area contributed by atoms with E-state index in [0.29, 0.717) is 35.3 Å². The lowest BCUT2D eigenvalue weighted by Crippen LogP contribution is -2.18. The van der Waals surface area contributed by atoms with Crippen LogP contribution < -0.4 is 5.73 Å². The highest BCUT2D eigenvalue weighted by Crippen LogP contribution is 2.37. The van der Waals surface area contributed by atoms with Crippen molar-refractivity contribution in [3.8, 4) is 22.5 Å². The van der Waals surface area contributed by atoms with Gasteiger partial charge in [0.1, 0.15) is 0 Å². The Morgan fingerprint density at radius 2 is 1.75 bits per heavy atom. The molecule has 0 bridgehead atoms. The van der Waals surface area contributed by atoms with Gasteiger partial charge in [-0.15, -0.1) is 0 Å². The van der Waals surface area contributed by atoms with Gasteiger partial charge in [-0.1, -0.05) is 24.3 Å². The van der Waals surface area contributed by atoms with E-state index >= 15 is 0 Å². The highest BCUT2D eigenvalue weighted by molar-refractivity contribution is 6.03. The third kappa shape index (κ3) is 4.80. The molecule has 3 N–H and O–H groups in total. The van der Waals surface area contributed by atoms with Gasteiger partial charge in [-0.25, -0.2) is 0 Å². The molecule has 3 aromatic rings. The van der Waals surface area contributed by atoms with E-state index in [4.69, 9.17) is 5.73 Å². The number of aromatic amines is 1. The molecule has 7 nitrogen and oxygen atoms in total. The molecule has 0 aliphatic heterocycles. The van der Waals surface area contributed by atoms with E-state index in [-0.39, 0.29) is 16.9 Å². The Bertz CT molecular complexity index is 1150. The maximum Gasteiger partial charge on any atom is 0.416 e. The number of carbonyl (C=O) groups excluding carboxylic acids is 1. The van der Waals surface area contributed by atoms with Crippen molar-refractivity contribution in [1.29, 1.82) is 0 Å². The van der Waals surface area contributed by atoms with Crippen LogP contribution in [0.5, 0.6) is 0 Å². The smallest absolute Gasteiger partial charge is 0.366 e. The molecule has 0 unspecified atom stereocenters. The Labute approximate surface area is 181 Å². The number of nitrogens with two attached hydrogens (primary N) is 1. The molecule has 0 spiro atoms. The van der Waals surface area contributed by atoms with Crippen LogP contribution in [-0.4, -0.2) is 41.4 Å². The normalized spacial score (nSPS) is 11.7. The van der Waals surface area contributed by atoms with Gasteiger partial charge in [0.15, 0.2) is 0 Å². The highest BCUT2D eigenvalue weighted by atomic mass is 19.4. The molecular weight excluding hydrogens is 425 g/mol. The van der Waals surface area contributed by atoms with Crippen LogP contribution in [0.3, 0.4) is 0 Å². The Hall–Kier alpha value is -3.66. The Morgan fingerprint density at radius 3 is 2.28 bits per heavy atom. The summed E-state index contributed by atoms with van der Waals surface area (Å²) < 4.78 is 38.9. The summed E-state index contributed by atoms with van der Waals surface area (Å²) in [7, 11) is 3.69. The van der Waals surface area contributed by atoms with Crippen molar-refractivity contribution in [3.05, 3.63) is 75.3 Å². The minimum absolute atomic E-state index is 0.155. The second kappa shape index (κ2) is 8.83. The molecule has 1 aromatic heterocycles. The van der Waals surface area contributed by atoms with E-state index in [1.807, 2.05) is 19.0 Å². The summed E-state index contributed by atoms with van der Waals surface area (Å²) in [4.78, 5) is 28.0. The summed E-state index contributed by atoms with van der Waals surface area (Å²) in [5, 5.41) is 11.2. The van der Waals surface area contributed by atoms with Gasteiger partial charge >= 0.3 is 6.18 Å². The molecule has 3 rings (SSSR count). The van der Waals surface area contributed by atoms with Crippen molar-refractivity contribution in [3.63, 3.8) is 0 Å². The minimum atomic E-state index is -4.48. The lowest BCUT2D eigenvalue weighted by atomic mass is 9.98. The van der Waals surface area contributed by atoms with Crippen molar-refractivity contribution in [1.82, 2.24) is 9.88 Å². The van der Waals surface area contributed by atoms with E-state index in [0.717, 1.165) is 12.1 Å². The van der Waals surface area contributed by atoms with Gasteiger partial charge in [0.25, 0.3) is 11.6 Å². The summed E-state index contributed by atoms with van der Waals surface area (Å²) >= 11 is 0. The summed E-state index contributed by atoms with van der Waals surface area (Å²) in [6.07, 6.45) is -4.10. The summed E-state index contributed by atoms with van der Waals surface area (Å²) in [5.41, 5.74) is 6.93. The summed E-state index contributed by atoms with van der Waals surface area (Å²) in [6.45, 7) is 0.542. The SMILES string of the molecule is CN(C)CCc1c(-c2ccc(C(F)(F)F)cc2)[nH]c(-c2cccc([N+](=O)[O-])c2)c1C(N)=O. The Kier molecular flexibility index (Phi) is 6.35. The zero-order chi connectivity index (χ0) is 23.6. The molecule has 2 aromatic carbocycles. The average Bonchev–Trinajstić information content (AvgIpc) is 3.11. The average molecular weight is 446 g/mol. The molecule has 0 saturated carbocycles. The van der Waals surface area contributed by atoms with Crippen LogP contribution in [0, 0.1) is 10.1 Å². The van der Waals surface area contributed by atoms with E-state index in [2.05, 4.69) is 4.98 Å². The summed E-state index contributed by atoms with van der Waals surface area (Å²) in [5.74, 6) is -0.741. The number of carbonyl (C=O) groups is 1. The van der Waals surface area contributed by atoms with Crippen LogP contribution in [0.2, 0.25) is 0 Å². The standard InChI is InChI=1S/C22H21F3N4O3/c1-28(2)11-10-17-18(21(26)30)20(14-4-3-5-16(12-14)29(31)32)27-19(17)13-6-8-15(9-7-13)22(23,24)25/h3-9,12,27H,10-11H2,1-2H3,(H2,26,30). The Balaban J connectivity index is 2.22. The quantitative estimate of drug-likeness (QED) is 0.412. The number of H-pyrrole nitrogens is 1. The first-order chi connectivity index (χ1) is 15.0. The van der Waals surface area contributed by atoms with Gasteiger partial charge in [0.2, 0.25) is 0 Å². The molecule has 168 valence electrons. The lowest BCUT2D eigenvalue weighted by molar-refractivity contribution is -0.384. The number of likely N-dealkylation sites (N-methyl/N-ethyl adjacent to an activating group) is 1. The number of alkyl halides is 3. The van der Waals surface area contributed by atoms with Gasteiger partial charge in [-0.3, -0.25) is 14.9 Å². The zero-order valence-electron chi connectivity index (χ0n) is 17.4. The first-order valence-corrected chi connectivity index (χ1v) is 9.61. The number of benzene rings is 2. The number of amides is 1. The predicted octanol–water partition coefficient (Wildman–Crippen LogP) is 4.48. The fourth-order valence-corrected chi connectivity index (χ4v) is 3.46. The largest absolute Gasteiger partial charge is 0.416 e. The van der Waals surface area contributed by atoms with Gasteiger partial charge in [-0.05, 0) is 43.8 Å². The van der Waals surface area contributed by atoms with Crippen molar-refractivity contribution in [2.45, 2.75) is 12.6 Å². The predicted molar refractivity (Wildman–Crippen MR) is 114 cm³/mol. The molecule has 0 aliphatic rings. The number of aromatic nitrogens is 1. The fraction of sp³-hybridized carbons (Fsp3) is 0.227. The van der Waals surface area contributed by atoms with Crippen LogP contribution in [-0.2, 0) is 12.6 Å². The molecule has 0 aliphatic carbocycles. The highest BCUT2D eigenvalue weighted by Gasteiger charge is 2.30. The first kappa shape index (κ1) is 23.0. The van der Waals surface area contributed by atoms with E-state index in [9.17, 15) is 28.1 Å². The van der Waals surface area contributed by atoms with E-state index in [1.54, 1.807) is 6.07 Å². The summed E-state index contributed by atoms with van der Waals surface area (Å²) in [6, 6.07) is 10.3. The number of halogens is 3. The molecule has 32 heavy (non-hydrogen) atoms. The third-order valence-corrected chi connectivity index (χ3v) is 5.01. The van der Waals surface area contributed by atoms with Crippen molar-refractivity contribution in [2.75, 3.05) is 20.6 Å². The molecule has 0 atom stereocenters. The van der Waals surface area contributed by atoms with Crippen LogP contribution in [0.4, 0.5) is 18.9 Å². The maximum absolute atomic E-state index is 13.0. The van der Waals surface area contributed by atoms with Crippen molar-refractivity contribution in [2.24, 2.45) is 5.73 Å². The number of rotatable bonds is 7. The van der Waals surface area contributed by atoms with Crippen LogP contribution in [0.1, 0.15) is 21.5 Å². The van der Waals surface area contributed by atoms with Crippen molar-refractivity contribution < 1.29 is 22.9 Å². The molecule has 0 saturated heterocycles. The number of nitro benzene ring substituents is 1. The van der Waals surface area contributed by atoms with E-state index in [1.165, 1.54) is 30.3 Å². The number of non-ortho nitro benzene ring substituents is 1. The van der Waals surface area contributed by atoms with Gasteiger partial charge in [0.05, 0.1) is 21.7 Å². The Morgan fingerprint density at radius 1 is 1.09 bits per heavy atom. The lowest BCUT2D eigenvalue weighted by Gasteiger charge is -2.12. The zero-order valence-corrected chi connectivity index (χ0v) is 17.4. The second-order valence-electron chi connectivity index (χ2n) is 7.53. The molecular formula is C22H21F3N4O3. The number of hydrogen-bond donors (Lipinski definition) is 2. The van der Waals surface area contributed by atoms with Crippen LogP contribution in [0.15, 0.2) is 48.5 Å². The minimum Gasteiger partial charge on any atom is -0.366 e. The van der Waals surface area contributed by atoms with Crippen LogP contribution >= 0.6 is 0 Å².